The van der Waals surface area contributed by atoms with Crippen molar-refractivity contribution in [3.05, 3.63) is 23.3 Å². The molecule has 0 radical (unpaired) electrons. The summed E-state index contributed by atoms with van der Waals surface area (Å²) < 4.78 is 0. The van der Waals surface area contributed by atoms with Crippen molar-refractivity contribution in [3.63, 3.8) is 0 Å². The van der Waals surface area contributed by atoms with Crippen LogP contribution >= 0.6 is 0 Å². The molecule has 182 valence electrons. The second-order valence-corrected chi connectivity index (χ2v) is 9.39. The van der Waals surface area contributed by atoms with Gasteiger partial charge in [0.1, 0.15) is 5.75 Å². The van der Waals surface area contributed by atoms with E-state index in [0.717, 1.165) is 0 Å². The molecule has 2 fully saturated rings. The summed E-state index contributed by atoms with van der Waals surface area (Å²) >= 11 is 0. The molecule has 3 aliphatic carbocycles. The van der Waals surface area contributed by atoms with E-state index in [4.69, 9.17) is 5.73 Å². The first-order valence-electron chi connectivity index (χ1n) is 11.0. The van der Waals surface area contributed by atoms with Gasteiger partial charge in [-0.1, -0.05) is 0 Å². The smallest absolute Gasteiger partial charge is 0.235 e. The minimum atomic E-state index is -2.79. The third-order valence-corrected chi connectivity index (χ3v) is 7.36. The lowest BCUT2D eigenvalue weighted by Gasteiger charge is -2.51. The lowest BCUT2D eigenvalue weighted by molar-refractivity contribution is -0.178. The summed E-state index contributed by atoms with van der Waals surface area (Å²) in [6, 6.07) is 1.70. The van der Waals surface area contributed by atoms with Gasteiger partial charge in [-0.2, -0.15) is 0 Å². The van der Waals surface area contributed by atoms with Crippen LogP contribution in [0.15, 0.2) is 12.1 Å². The predicted octanol–water partition coefficient (Wildman–Crippen LogP) is -2.05. The van der Waals surface area contributed by atoms with Crippen LogP contribution in [0.3, 0.4) is 0 Å². The van der Waals surface area contributed by atoms with Gasteiger partial charge in [-0.3, -0.25) is 24.0 Å². The summed E-state index contributed by atoms with van der Waals surface area (Å²) in [6.07, 6.45) is 0.146. The number of hydrogen-bond donors (Lipinski definition) is 5. The third-order valence-electron chi connectivity index (χ3n) is 7.36. The first-order valence-corrected chi connectivity index (χ1v) is 11.0. The van der Waals surface area contributed by atoms with Gasteiger partial charge in [-0.15, -0.1) is 0 Å². The van der Waals surface area contributed by atoms with E-state index < -0.39 is 64.4 Å². The summed E-state index contributed by atoms with van der Waals surface area (Å²) in [5.41, 5.74) is 3.65. The fourth-order valence-corrected chi connectivity index (χ4v) is 5.88. The van der Waals surface area contributed by atoms with Gasteiger partial charge < -0.3 is 31.3 Å². The molecule has 0 aliphatic heterocycles. The van der Waals surface area contributed by atoms with Gasteiger partial charge in [0, 0.05) is 32.2 Å². The number of nitrogens with zero attached hydrogens (tertiary/aromatic N) is 1. The van der Waals surface area contributed by atoms with Crippen LogP contribution in [0.5, 0.6) is 5.75 Å². The van der Waals surface area contributed by atoms with E-state index in [1.807, 2.05) is 0 Å². The normalized spacial score (nSPS) is 32.6. The number of aliphatic hydroxyl groups excluding tert-OH is 1. The largest absolute Gasteiger partial charge is 0.507 e. The number of amides is 1. The second-order valence-electron chi connectivity index (χ2n) is 9.39. The zero-order valence-electron chi connectivity index (χ0n) is 18.8. The van der Waals surface area contributed by atoms with Crippen molar-refractivity contribution in [2.24, 2.45) is 29.4 Å². The van der Waals surface area contributed by atoms with Gasteiger partial charge >= 0.3 is 0 Å². The van der Waals surface area contributed by atoms with E-state index in [2.05, 4.69) is 5.32 Å². The molecule has 3 aliphatic rings. The van der Waals surface area contributed by atoms with Crippen molar-refractivity contribution in [3.8, 4) is 5.75 Å². The Hall–Kier alpha value is -3.15. The van der Waals surface area contributed by atoms with Gasteiger partial charge in [0.25, 0.3) is 0 Å². The average molecular weight is 473 g/mol. The van der Waals surface area contributed by atoms with Gasteiger partial charge in [0.05, 0.1) is 24.1 Å². The molecule has 1 aromatic rings. The lowest BCUT2D eigenvalue weighted by atomic mass is 9.52. The highest BCUT2D eigenvalue weighted by Gasteiger charge is 2.68. The van der Waals surface area contributed by atoms with E-state index >= 15 is 0 Å². The molecule has 1 amide bonds. The van der Waals surface area contributed by atoms with Crippen LogP contribution in [0.25, 0.3) is 0 Å². The number of rotatable bonds is 5. The van der Waals surface area contributed by atoms with E-state index in [1.54, 1.807) is 25.1 Å². The number of carbonyl (C=O) groups is 5. The molecule has 1 aromatic carbocycles. The van der Waals surface area contributed by atoms with Crippen molar-refractivity contribution in [2.45, 2.75) is 24.5 Å². The molecule has 11 heteroatoms. The number of Topliss-reactive ketones (excluding diaryl/α,β-unsaturated/α-hetero) is 4. The summed E-state index contributed by atoms with van der Waals surface area (Å²) in [7, 11) is 3.54. The number of nitrogens with one attached hydrogen (secondary N) is 1. The number of carbonyl (C=O) groups excluding carboxylic acids is 5. The maximum atomic E-state index is 13.6. The number of hydrogen-bond acceptors (Lipinski definition) is 10. The van der Waals surface area contributed by atoms with Crippen molar-refractivity contribution in [1.82, 2.24) is 5.32 Å². The molecule has 34 heavy (non-hydrogen) atoms. The number of aromatic hydroxyl groups is 1. The molecule has 4 rings (SSSR count). The number of nitrogens with two attached hydrogens (primary N) is 1. The maximum absolute atomic E-state index is 13.6. The molecule has 2 unspecified atom stereocenters. The van der Waals surface area contributed by atoms with Gasteiger partial charge in [-0.05, 0) is 36.5 Å². The molecule has 2 saturated carbocycles. The first kappa shape index (κ1) is 24.0. The minimum absolute atomic E-state index is 0.0383. The number of phenols is 1. The SMILES string of the molecule is CN(C)c1ccc(O)c2c1C[C@H]1C[C@H]3[C@H](NCCO)C(=O)C(C(N)=O)C(=O)[C@@]3(O)C(=O)C1C2=O. The zero-order chi connectivity index (χ0) is 25.1. The van der Waals surface area contributed by atoms with E-state index in [0.29, 0.717) is 11.3 Å². The second kappa shape index (κ2) is 8.26. The Bertz CT molecular complexity index is 1120. The highest BCUT2D eigenvalue weighted by atomic mass is 16.3. The Morgan fingerprint density at radius 3 is 2.47 bits per heavy atom. The number of benzene rings is 1. The highest BCUT2D eigenvalue weighted by Crippen LogP contribution is 2.51. The van der Waals surface area contributed by atoms with Crippen LogP contribution < -0.4 is 16.0 Å². The number of phenolic OH excluding ortho intramolecular Hbond substituents is 1. The fraction of sp³-hybridized carbons (Fsp3) is 0.522. The fourth-order valence-electron chi connectivity index (χ4n) is 5.88. The molecular weight excluding hydrogens is 446 g/mol. The molecule has 6 atom stereocenters. The topological polar surface area (TPSA) is 187 Å². The standard InChI is InChI=1S/C23H27N3O8/c1-26(2)12-3-4-13(28)15-10(12)7-9-8-11-17(25-5-6-27)19(30)16(22(24)33)21(32)23(11,34)20(31)14(9)18(15)29/h3-4,9,11,14,16-17,25,27-28,34H,5-8H2,1-2H3,(H2,24,33)/t9-,11-,14?,16?,17-,23-/m0/s1. The molecule has 0 saturated heterocycles. The van der Waals surface area contributed by atoms with Crippen molar-refractivity contribution in [1.29, 1.82) is 0 Å². The number of ketones is 4. The van der Waals surface area contributed by atoms with E-state index in [-0.39, 0.29) is 37.3 Å². The Kier molecular flexibility index (Phi) is 5.83. The van der Waals surface area contributed by atoms with Crippen LogP contribution in [-0.2, 0) is 25.6 Å². The van der Waals surface area contributed by atoms with Crippen LogP contribution in [0, 0.1) is 23.7 Å². The third kappa shape index (κ3) is 3.18. The van der Waals surface area contributed by atoms with Gasteiger partial charge in [0.2, 0.25) is 5.91 Å². The summed E-state index contributed by atoms with van der Waals surface area (Å²) in [5, 5.41) is 33.9. The van der Waals surface area contributed by atoms with Crippen LogP contribution in [0.4, 0.5) is 5.69 Å². The van der Waals surface area contributed by atoms with E-state index in [1.165, 1.54) is 6.07 Å². The minimum Gasteiger partial charge on any atom is -0.507 e. The van der Waals surface area contributed by atoms with Crippen LogP contribution in [0.2, 0.25) is 0 Å². The number of aliphatic hydroxyl groups is 2. The van der Waals surface area contributed by atoms with Crippen LogP contribution in [0.1, 0.15) is 22.3 Å². The highest BCUT2D eigenvalue weighted by molar-refractivity contribution is 6.32. The number of primary amides is 1. The quantitative estimate of drug-likeness (QED) is 0.298. The molecule has 6 N–H and O–H groups in total. The molecule has 0 heterocycles. The summed E-state index contributed by atoms with van der Waals surface area (Å²) in [6.45, 7) is -0.465. The number of fused-ring (bicyclic) bond motifs is 3. The van der Waals surface area contributed by atoms with Crippen LogP contribution in [-0.4, -0.2) is 83.2 Å². The monoisotopic (exact) mass is 473 g/mol. The summed E-state index contributed by atoms with van der Waals surface area (Å²) in [5.74, 6) is -11.0. The molecule has 0 bridgehead atoms. The van der Waals surface area contributed by atoms with Gasteiger partial charge in [0.15, 0.2) is 34.7 Å². The average Bonchev–Trinajstić information content (AvgIpc) is 2.75. The Labute approximate surface area is 194 Å². The van der Waals surface area contributed by atoms with Crippen molar-refractivity contribution >= 4 is 34.7 Å². The summed E-state index contributed by atoms with van der Waals surface area (Å²) in [4.78, 5) is 67.0. The van der Waals surface area contributed by atoms with Gasteiger partial charge in [-0.25, -0.2) is 0 Å². The van der Waals surface area contributed by atoms with E-state index in [9.17, 15) is 39.3 Å². The molecule has 0 spiro atoms. The molecule has 11 nitrogen and oxygen atoms in total. The first-order chi connectivity index (χ1) is 16.0. The lowest BCUT2D eigenvalue weighted by Crippen LogP contribution is -2.74. The molecule has 0 aromatic heterocycles. The Balaban J connectivity index is 1.85. The molecular formula is C23H27N3O8. The maximum Gasteiger partial charge on any atom is 0.235 e. The number of anilines is 1. The Morgan fingerprint density at radius 1 is 1.21 bits per heavy atom. The van der Waals surface area contributed by atoms with Crippen molar-refractivity contribution in [2.75, 3.05) is 32.1 Å². The Morgan fingerprint density at radius 2 is 1.88 bits per heavy atom. The predicted molar refractivity (Wildman–Crippen MR) is 117 cm³/mol. The zero-order valence-corrected chi connectivity index (χ0v) is 18.8. The van der Waals surface area contributed by atoms with Crippen molar-refractivity contribution < 1.29 is 39.3 Å².